The fourth-order valence-electron chi connectivity index (χ4n) is 3.90. The van der Waals surface area contributed by atoms with Gasteiger partial charge in [0.2, 0.25) is 0 Å². The van der Waals surface area contributed by atoms with Crippen LogP contribution >= 0.6 is 0 Å². The molecule has 1 saturated heterocycles. The van der Waals surface area contributed by atoms with E-state index in [1.807, 2.05) is 26.1 Å². The minimum absolute atomic E-state index is 0.102. The summed E-state index contributed by atoms with van der Waals surface area (Å²) in [6, 6.07) is 14.8. The zero-order valence-electron chi connectivity index (χ0n) is 19.4. The van der Waals surface area contributed by atoms with Gasteiger partial charge in [0.25, 0.3) is 0 Å². The average molecular weight is 423 g/mol. The number of benzene rings is 1. The second kappa shape index (κ2) is 13.8. The number of hydrogen-bond acceptors (Lipinski definition) is 3. The summed E-state index contributed by atoms with van der Waals surface area (Å²) in [7, 11) is 0. The van der Waals surface area contributed by atoms with Crippen LogP contribution in [-0.4, -0.2) is 40.6 Å². The molecule has 1 aliphatic heterocycles. The zero-order valence-corrected chi connectivity index (χ0v) is 19.4. The highest BCUT2D eigenvalue weighted by atomic mass is 16.4. The maximum absolute atomic E-state index is 10.5. The molecule has 0 aliphatic carbocycles. The smallest absolute Gasteiger partial charge is 0.306 e. The van der Waals surface area contributed by atoms with Crippen molar-refractivity contribution in [1.29, 1.82) is 0 Å². The van der Waals surface area contributed by atoms with Gasteiger partial charge in [0, 0.05) is 18.3 Å². The molecule has 1 aromatic carbocycles. The van der Waals surface area contributed by atoms with Crippen molar-refractivity contribution in [1.82, 2.24) is 9.88 Å². The quantitative estimate of drug-likeness (QED) is 0.522. The molecule has 0 unspecified atom stereocenters. The first kappa shape index (κ1) is 24.8. The lowest BCUT2D eigenvalue weighted by Gasteiger charge is -2.14. The molecule has 1 aliphatic rings. The van der Waals surface area contributed by atoms with Crippen LogP contribution in [0.4, 0.5) is 0 Å². The van der Waals surface area contributed by atoms with Gasteiger partial charge in [-0.3, -0.25) is 14.7 Å². The number of carboxylic acid groups (broad SMARTS) is 1. The number of aliphatic carboxylic acids is 1. The van der Waals surface area contributed by atoms with Gasteiger partial charge in [0.15, 0.2) is 0 Å². The van der Waals surface area contributed by atoms with Crippen molar-refractivity contribution in [3.05, 3.63) is 71.6 Å². The van der Waals surface area contributed by atoms with Crippen LogP contribution in [0.5, 0.6) is 0 Å². The van der Waals surface area contributed by atoms with Crippen molar-refractivity contribution in [3.63, 3.8) is 0 Å². The van der Waals surface area contributed by atoms with Gasteiger partial charge >= 0.3 is 5.97 Å². The predicted octanol–water partition coefficient (Wildman–Crippen LogP) is 6.20. The van der Waals surface area contributed by atoms with Crippen molar-refractivity contribution in [2.75, 3.05) is 19.6 Å². The van der Waals surface area contributed by atoms with Gasteiger partial charge in [-0.1, -0.05) is 68.7 Å². The largest absolute Gasteiger partial charge is 0.481 e. The van der Waals surface area contributed by atoms with Crippen LogP contribution in [0.25, 0.3) is 5.57 Å². The van der Waals surface area contributed by atoms with Crippen LogP contribution < -0.4 is 0 Å². The number of likely N-dealkylation sites (tertiary alicyclic amines) is 1. The van der Waals surface area contributed by atoms with Crippen LogP contribution in [-0.2, 0) is 4.79 Å². The van der Waals surface area contributed by atoms with E-state index in [9.17, 15) is 4.79 Å². The Morgan fingerprint density at radius 2 is 1.71 bits per heavy atom. The van der Waals surface area contributed by atoms with Gasteiger partial charge in [-0.15, -0.1) is 0 Å². The third-order valence-electron chi connectivity index (χ3n) is 5.68. The van der Waals surface area contributed by atoms with Gasteiger partial charge in [-0.2, -0.15) is 0 Å². The monoisotopic (exact) mass is 422 g/mol. The predicted molar refractivity (Wildman–Crippen MR) is 129 cm³/mol. The molecular formula is C27H38N2O2. The van der Waals surface area contributed by atoms with Crippen molar-refractivity contribution in [2.24, 2.45) is 5.92 Å². The topological polar surface area (TPSA) is 53.4 Å². The van der Waals surface area contributed by atoms with E-state index in [-0.39, 0.29) is 5.92 Å². The number of aromatic nitrogens is 1. The molecule has 0 amide bonds. The lowest BCUT2D eigenvalue weighted by molar-refractivity contribution is -0.142. The standard InChI is InChI=1S/C19H22N2.C8H16O2/c1-16-7-9-17(10-8-16)18(19-6-2-3-12-20-19)11-15-21-13-4-5-14-21;1-3-5-7(6-4-2)8(9)10/h2-3,6-12H,4-5,13-15H2,1H3;7H,3-6H2,1-2H3,(H,9,10). The average Bonchev–Trinajstić information content (AvgIpc) is 3.30. The minimum atomic E-state index is -0.635. The van der Waals surface area contributed by atoms with Crippen LogP contribution in [0.1, 0.15) is 69.2 Å². The number of pyridine rings is 1. The highest BCUT2D eigenvalue weighted by molar-refractivity contribution is 5.78. The van der Waals surface area contributed by atoms with Crippen LogP contribution in [0, 0.1) is 12.8 Å². The summed E-state index contributed by atoms with van der Waals surface area (Å²) >= 11 is 0. The molecule has 3 rings (SSSR count). The van der Waals surface area contributed by atoms with Gasteiger partial charge < -0.3 is 5.11 Å². The third kappa shape index (κ3) is 8.66. The Hall–Kier alpha value is -2.46. The van der Waals surface area contributed by atoms with Crippen LogP contribution in [0.2, 0.25) is 0 Å². The minimum Gasteiger partial charge on any atom is -0.481 e. The molecule has 0 bridgehead atoms. The zero-order chi connectivity index (χ0) is 22.5. The van der Waals surface area contributed by atoms with Crippen molar-refractivity contribution >= 4 is 11.5 Å². The Morgan fingerprint density at radius 3 is 2.23 bits per heavy atom. The van der Waals surface area contributed by atoms with E-state index in [1.165, 1.54) is 42.6 Å². The maximum Gasteiger partial charge on any atom is 0.306 e. The first-order valence-corrected chi connectivity index (χ1v) is 11.7. The van der Waals surface area contributed by atoms with E-state index < -0.39 is 5.97 Å². The lowest BCUT2D eigenvalue weighted by Crippen LogP contribution is -2.19. The molecule has 0 spiro atoms. The SMILES string of the molecule is CCCC(CCC)C(=O)O.Cc1ccc(C(=CCN2CCCC2)c2ccccn2)cc1. The molecule has 31 heavy (non-hydrogen) atoms. The number of hydrogen-bond donors (Lipinski definition) is 1. The van der Waals surface area contributed by atoms with E-state index in [2.05, 4.69) is 59.3 Å². The van der Waals surface area contributed by atoms with Crippen molar-refractivity contribution in [3.8, 4) is 0 Å². The van der Waals surface area contributed by atoms with Gasteiger partial charge in [0.1, 0.15) is 0 Å². The molecule has 1 fully saturated rings. The van der Waals surface area contributed by atoms with E-state index in [0.29, 0.717) is 0 Å². The van der Waals surface area contributed by atoms with Crippen molar-refractivity contribution < 1.29 is 9.90 Å². The fraction of sp³-hybridized carbons (Fsp3) is 0.481. The molecule has 4 heteroatoms. The van der Waals surface area contributed by atoms with Crippen molar-refractivity contribution in [2.45, 2.75) is 59.3 Å². The molecule has 4 nitrogen and oxygen atoms in total. The number of nitrogens with zero attached hydrogens (tertiary/aromatic N) is 2. The molecule has 0 saturated carbocycles. The second-order valence-electron chi connectivity index (χ2n) is 8.32. The molecule has 1 N–H and O–H groups in total. The van der Waals surface area contributed by atoms with E-state index in [4.69, 9.17) is 5.11 Å². The van der Waals surface area contributed by atoms with Crippen LogP contribution in [0.15, 0.2) is 54.7 Å². The summed E-state index contributed by atoms with van der Waals surface area (Å²) in [5, 5.41) is 8.64. The first-order chi connectivity index (χ1) is 15.0. The van der Waals surface area contributed by atoms with E-state index in [1.54, 1.807) is 0 Å². The van der Waals surface area contributed by atoms with Crippen LogP contribution in [0.3, 0.4) is 0 Å². The third-order valence-corrected chi connectivity index (χ3v) is 5.68. The Balaban J connectivity index is 0.000000291. The lowest BCUT2D eigenvalue weighted by atomic mass is 9.99. The van der Waals surface area contributed by atoms with E-state index in [0.717, 1.165) is 37.9 Å². The highest BCUT2D eigenvalue weighted by Gasteiger charge is 2.14. The Morgan fingerprint density at radius 1 is 1.06 bits per heavy atom. The molecule has 1 aromatic heterocycles. The summed E-state index contributed by atoms with van der Waals surface area (Å²) in [4.78, 5) is 17.5. The second-order valence-corrected chi connectivity index (χ2v) is 8.32. The maximum atomic E-state index is 10.5. The molecule has 2 heterocycles. The number of carbonyl (C=O) groups is 1. The first-order valence-electron chi connectivity index (χ1n) is 11.7. The molecule has 0 radical (unpaired) electrons. The Kier molecular flexibility index (Phi) is 11.0. The normalized spacial score (nSPS) is 14.4. The van der Waals surface area contributed by atoms with Gasteiger partial charge in [-0.25, -0.2) is 0 Å². The summed E-state index contributed by atoms with van der Waals surface area (Å²) in [5.74, 6) is -0.737. The van der Waals surface area contributed by atoms with E-state index >= 15 is 0 Å². The highest BCUT2D eigenvalue weighted by Crippen LogP contribution is 2.22. The Bertz CT molecular complexity index is 788. The fourth-order valence-corrected chi connectivity index (χ4v) is 3.90. The summed E-state index contributed by atoms with van der Waals surface area (Å²) in [5.41, 5.74) is 4.83. The molecule has 168 valence electrons. The number of carboxylic acids is 1. The number of rotatable bonds is 9. The van der Waals surface area contributed by atoms with Gasteiger partial charge in [0.05, 0.1) is 11.6 Å². The summed E-state index contributed by atoms with van der Waals surface area (Å²) in [6.45, 7) is 9.62. The summed E-state index contributed by atoms with van der Waals surface area (Å²) < 4.78 is 0. The Labute approximate surface area is 188 Å². The summed E-state index contributed by atoms with van der Waals surface area (Å²) in [6.07, 6.45) is 10.4. The molecular weight excluding hydrogens is 384 g/mol. The number of aryl methyl sites for hydroxylation is 1. The van der Waals surface area contributed by atoms with Gasteiger partial charge in [-0.05, 0) is 63.4 Å². The molecule has 2 aromatic rings. The molecule has 0 atom stereocenters.